The Morgan fingerprint density at radius 2 is 1.50 bits per heavy atom. The van der Waals surface area contributed by atoms with Crippen LogP contribution in [0.2, 0.25) is 0 Å². The van der Waals surface area contributed by atoms with Crippen LogP contribution in [0.1, 0.15) is 94.3 Å². The number of hydrogen-bond acceptors (Lipinski definition) is 9. The Bertz CT molecular complexity index is 1830. The summed E-state index contributed by atoms with van der Waals surface area (Å²) in [5, 5.41) is 0.110. The van der Waals surface area contributed by atoms with E-state index in [4.69, 9.17) is 13.6 Å². The predicted octanol–water partition coefficient (Wildman–Crippen LogP) is 6.10. The van der Waals surface area contributed by atoms with Crippen molar-refractivity contribution in [3.8, 4) is 5.75 Å². The van der Waals surface area contributed by atoms with Crippen LogP contribution in [0, 0.1) is 0 Å². The minimum Gasteiger partial charge on any atom is -0.475 e. The van der Waals surface area contributed by atoms with E-state index in [0.717, 1.165) is 61.8 Å². The number of aromatic nitrogens is 1. The topological polar surface area (TPSA) is 129 Å². The first-order valence-electron chi connectivity index (χ1n) is 15.5. The van der Waals surface area contributed by atoms with Crippen LogP contribution < -0.4 is 16.0 Å². The molecular weight excluding hydrogens is 584 g/mol. The van der Waals surface area contributed by atoms with Crippen LogP contribution in [0.4, 0.5) is 0 Å². The van der Waals surface area contributed by atoms with E-state index in [0.29, 0.717) is 17.7 Å². The van der Waals surface area contributed by atoms with Crippen LogP contribution in [0.15, 0.2) is 54.8 Å². The monoisotopic (exact) mass is 626 g/mol. The van der Waals surface area contributed by atoms with E-state index in [1.807, 2.05) is 6.92 Å². The number of carbonyl (C=O) groups excluding carboxylic acids is 1. The molecular formula is C33H42N2O8S. The van der Waals surface area contributed by atoms with Crippen LogP contribution in [0.3, 0.4) is 0 Å². The molecule has 0 aliphatic carbocycles. The average Bonchev–Trinajstić information content (AvgIpc) is 3.35. The Morgan fingerprint density at radius 1 is 0.886 bits per heavy atom. The molecule has 0 spiro atoms. The summed E-state index contributed by atoms with van der Waals surface area (Å²) in [6.07, 6.45) is 7.75. The highest BCUT2D eigenvalue weighted by atomic mass is 32.2. The Balaban J connectivity index is 1.82. The van der Waals surface area contributed by atoms with E-state index >= 15 is 0 Å². The second-order valence-electron chi connectivity index (χ2n) is 11.1. The second kappa shape index (κ2) is 14.4. The number of hydrogen-bond donors (Lipinski definition) is 0. The van der Waals surface area contributed by atoms with Gasteiger partial charge in [0, 0.05) is 24.3 Å². The van der Waals surface area contributed by atoms with Gasteiger partial charge < -0.3 is 13.6 Å². The maximum Gasteiger partial charge on any atom is 0.423 e. The Labute approximate surface area is 257 Å². The van der Waals surface area contributed by atoms with E-state index in [2.05, 4.69) is 25.7 Å². The molecule has 4 aromatic rings. The molecule has 0 aliphatic rings. The van der Waals surface area contributed by atoms with Crippen LogP contribution in [0.5, 0.6) is 5.75 Å². The maximum atomic E-state index is 14.2. The molecule has 0 fully saturated rings. The van der Waals surface area contributed by atoms with Gasteiger partial charge in [-0.1, -0.05) is 47.0 Å². The number of ether oxygens (including phenoxy) is 1. The van der Waals surface area contributed by atoms with Crippen molar-refractivity contribution in [2.45, 2.75) is 85.3 Å². The zero-order valence-electron chi connectivity index (χ0n) is 26.2. The molecule has 4 rings (SSSR count). The molecule has 0 bridgehead atoms. The summed E-state index contributed by atoms with van der Waals surface area (Å²) in [6.45, 7) is 10.3. The Kier molecular flexibility index (Phi) is 10.9. The number of unbranched alkanes of at least 4 members (excludes halogenated alkanes) is 3. The largest absolute Gasteiger partial charge is 0.475 e. The van der Waals surface area contributed by atoms with Gasteiger partial charge >= 0.3 is 11.3 Å². The van der Waals surface area contributed by atoms with Gasteiger partial charge in [-0.2, -0.15) is 0 Å². The lowest BCUT2D eigenvalue weighted by molar-refractivity contribution is 0.0202. The first-order valence-corrected chi connectivity index (χ1v) is 17.3. The number of nitrogens with zero attached hydrogens (tertiary/aromatic N) is 2. The molecule has 2 aromatic carbocycles. The quantitative estimate of drug-likeness (QED) is 0.0823. The molecule has 1 atom stereocenters. The van der Waals surface area contributed by atoms with Crippen molar-refractivity contribution in [3.05, 3.63) is 74.1 Å². The van der Waals surface area contributed by atoms with Gasteiger partial charge in [0.2, 0.25) is 10.0 Å². The van der Waals surface area contributed by atoms with Gasteiger partial charge in [0.25, 0.3) is 0 Å². The summed E-state index contributed by atoms with van der Waals surface area (Å²) < 4.78 is 44.1. The van der Waals surface area contributed by atoms with Crippen molar-refractivity contribution in [2.24, 2.45) is 0 Å². The summed E-state index contributed by atoms with van der Waals surface area (Å²) in [7, 11) is -3.89. The summed E-state index contributed by atoms with van der Waals surface area (Å²) in [5.74, 6) is 0.172. The number of ketones is 1. The molecule has 2 heterocycles. The first kappa shape index (κ1) is 33.2. The van der Waals surface area contributed by atoms with Gasteiger partial charge in [0.15, 0.2) is 23.2 Å². The molecule has 0 amide bonds. The van der Waals surface area contributed by atoms with Crippen LogP contribution in [0.25, 0.3) is 22.1 Å². The van der Waals surface area contributed by atoms with Crippen molar-refractivity contribution in [2.75, 3.05) is 19.3 Å². The number of fused-ring (bicyclic) bond motifs is 3. The van der Waals surface area contributed by atoms with Gasteiger partial charge in [-0.25, -0.2) is 22.0 Å². The summed E-state index contributed by atoms with van der Waals surface area (Å²) in [6, 6.07) is 9.61. The highest BCUT2D eigenvalue weighted by Crippen LogP contribution is 2.36. The van der Waals surface area contributed by atoms with E-state index in [9.17, 15) is 22.8 Å². The molecule has 0 saturated heterocycles. The molecule has 10 nitrogen and oxygen atoms in total. The molecule has 44 heavy (non-hydrogen) atoms. The molecule has 0 aliphatic heterocycles. The molecule has 11 heteroatoms. The second-order valence-corrected chi connectivity index (χ2v) is 12.9. The smallest absolute Gasteiger partial charge is 0.423 e. The molecule has 0 saturated carbocycles. The van der Waals surface area contributed by atoms with Gasteiger partial charge in [0.1, 0.15) is 5.75 Å². The lowest BCUT2D eigenvalue weighted by atomic mass is 9.97. The van der Waals surface area contributed by atoms with Crippen molar-refractivity contribution in [3.63, 3.8) is 0 Å². The van der Waals surface area contributed by atoms with Crippen molar-refractivity contribution in [1.29, 1.82) is 0 Å². The minimum atomic E-state index is -3.89. The zero-order chi connectivity index (χ0) is 32.0. The van der Waals surface area contributed by atoms with Gasteiger partial charge in [-0.3, -0.25) is 9.69 Å². The normalized spacial score (nSPS) is 12.8. The Morgan fingerprint density at radius 3 is 2.07 bits per heavy atom. The van der Waals surface area contributed by atoms with Crippen LogP contribution >= 0.6 is 0 Å². The summed E-state index contributed by atoms with van der Waals surface area (Å²) >= 11 is 0. The molecule has 1 unspecified atom stereocenters. The summed E-state index contributed by atoms with van der Waals surface area (Å²) in [5.41, 5.74) is -1.81. The lowest BCUT2D eigenvalue weighted by Gasteiger charge is -2.31. The third-order valence-electron chi connectivity index (χ3n) is 7.73. The van der Waals surface area contributed by atoms with E-state index in [1.54, 1.807) is 24.3 Å². The van der Waals surface area contributed by atoms with E-state index < -0.39 is 27.1 Å². The van der Waals surface area contributed by atoms with Crippen LogP contribution in [-0.2, 0) is 16.4 Å². The summed E-state index contributed by atoms with van der Waals surface area (Å²) in [4.78, 5) is 40.7. The number of carbonyl (C=O) groups is 1. The lowest BCUT2D eigenvalue weighted by Crippen LogP contribution is -2.40. The van der Waals surface area contributed by atoms with Crippen molar-refractivity contribution < 1.29 is 26.8 Å². The van der Waals surface area contributed by atoms with E-state index in [1.165, 1.54) is 12.1 Å². The highest BCUT2D eigenvalue weighted by molar-refractivity contribution is 7.89. The standard InChI is InChI=1S/C33H42N2O8S/c1-6-10-13-24-28(29-25(35(24)44(5,39)40)18-19-26-31(29)43-33(38)32(37)42-26)30(36)22-14-16-23(17-15-22)41-27(9-4)34(20-11-7-2)21-12-8-3/h14-19,27H,6-13,20-21H2,1-5H3. The third-order valence-corrected chi connectivity index (χ3v) is 8.82. The van der Waals surface area contributed by atoms with E-state index in [-0.39, 0.29) is 46.0 Å². The van der Waals surface area contributed by atoms with Crippen molar-refractivity contribution in [1.82, 2.24) is 8.87 Å². The van der Waals surface area contributed by atoms with Gasteiger partial charge in [0.05, 0.1) is 22.7 Å². The van der Waals surface area contributed by atoms with Gasteiger partial charge in [-0.05, 0) is 68.5 Å². The molecule has 2 aromatic heterocycles. The highest BCUT2D eigenvalue weighted by Gasteiger charge is 2.30. The Hall–Kier alpha value is -3.70. The SMILES string of the molecule is CCCCc1c(C(=O)c2ccc(OC(CC)N(CCCC)CCCC)cc2)c2c3oc(=O)c(=O)oc3ccc2n1S(C)(=O)=O. The molecule has 0 N–H and O–H groups in total. The first-order chi connectivity index (χ1) is 21.0. The maximum absolute atomic E-state index is 14.2. The fourth-order valence-corrected chi connectivity index (χ4v) is 6.62. The van der Waals surface area contributed by atoms with Crippen molar-refractivity contribution >= 4 is 37.9 Å². The fourth-order valence-electron chi connectivity index (χ4n) is 5.53. The van der Waals surface area contributed by atoms with Crippen LogP contribution in [-0.4, -0.2) is 48.6 Å². The average molecular weight is 627 g/mol. The minimum absolute atomic E-state index is 0.0612. The molecule has 238 valence electrons. The third kappa shape index (κ3) is 6.99. The predicted molar refractivity (Wildman–Crippen MR) is 171 cm³/mol. The number of benzene rings is 2. The number of rotatable bonds is 16. The zero-order valence-corrected chi connectivity index (χ0v) is 27.0. The van der Waals surface area contributed by atoms with Gasteiger partial charge in [-0.15, -0.1) is 0 Å². The fraction of sp³-hybridized carbons (Fsp3) is 0.485. The molecule has 0 radical (unpaired) electrons.